The highest BCUT2D eigenvalue weighted by Crippen LogP contribution is 2.28. The van der Waals surface area contributed by atoms with Crippen LogP contribution in [0.2, 0.25) is 0 Å². The lowest BCUT2D eigenvalue weighted by molar-refractivity contribution is 0.344. The van der Waals surface area contributed by atoms with E-state index in [9.17, 15) is 0 Å². The van der Waals surface area contributed by atoms with Crippen molar-refractivity contribution < 1.29 is 4.74 Å². The minimum Gasteiger partial charge on any atom is -0.493 e. The van der Waals surface area contributed by atoms with Gasteiger partial charge in [-0.15, -0.1) is 0 Å². The van der Waals surface area contributed by atoms with Crippen molar-refractivity contribution in [3.05, 3.63) is 30.0 Å². The third-order valence-corrected chi connectivity index (χ3v) is 2.46. The maximum absolute atomic E-state index is 5.60. The molecule has 1 aromatic heterocycles. The van der Waals surface area contributed by atoms with E-state index >= 15 is 0 Å². The Hall–Kier alpha value is -1.48. The third-order valence-electron chi connectivity index (χ3n) is 2.46. The van der Waals surface area contributed by atoms with E-state index in [4.69, 9.17) is 10.5 Å². The van der Waals surface area contributed by atoms with Gasteiger partial charge in [0.25, 0.3) is 0 Å². The molecule has 0 atom stereocenters. The summed E-state index contributed by atoms with van der Waals surface area (Å²) in [6, 6.07) is 6.05. The molecule has 3 nitrogen and oxygen atoms in total. The van der Waals surface area contributed by atoms with E-state index in [0.29, 0.717) is 13.2 Å². The normalized spacial score (nSPS) is 10.8. The molecule has 1 aromatic carbocycles. The zero-order valence-electron chi connectivity index (χ0n) is 8.92. The number of aromatic amines is 1. The van der Waals surface area contributed by atoms with Gasteiger partial charge in [-0.05, 0) is 37.6 Å². The number of hydrogen-bond acceptors (Lipinski definition) is 2. The van der Waals surface area contributed by atoms with Crippen LogP contribution in [0.3, 0.4) is 0 Å². The van der Waals surface area contributed by atoms with Gasteiger partial charge in [0.1, 0.15) is 5.75 Å². The van der Waals surface area contributed by atoms with Crippen molar-refractivity contribution in [2.24, 2.45) is 5.73 Å². The first-order chi connectivity index (χ1) is 7.36. The number of rotatable bonds is 4. The topological polar surface area (TPSA) is 51.0 Å². The molecule has 0 aliphatic rings. The van der Waals surface area contributed by atoms with Crippen molar-refractivity contribution in [1.82, 2.24) is 4.98 Å². The Morgan fingerprint density at radius 2 is 2.27 bits per heavy atom. The van der Waals surface area contributed by atoms with E-state index in [0.717, 1.165) is 17.7 Å². The number of fused-ring (bicyclic) bond motifs is 1. The Kier molecular flexibility index (Phi) is 2.92. The van der Waals surface area contributed by atoms with Crippen LogP contribution in [0.4, 0.5) is 0 Å². The first-order valence-corrected chi connectivity index (χ1v) is 5.28. The largest absolute Gasteiger partial charge is 0.493 e. The van der Waals surface area contributed by atoms with Gasteiger partial charge < -0.3 is 15.5 Å². The highest BCUT2D eigenvalue weighted by Gasteiger charge is 2.08. The number of hydrogen-bond donors (Lipinski definition) is 2. The van der Waals surface area contributed by atoms with Crippen LogP contribution < -0.4 is 10.5 Å². The van der Waals surface area contributed by atoms with Gasteiger partial charge in [-0.2, -0.15) is 0 Å². The number of aromatic nitrogens is 1. The molecular formula is C12H16N2O. The fourth-order valence-corrected chi connectivity index (χ4v) is 1.85. The van der Waals surface area contributed by atoms with E-state index in [1.54, 1.807) is 0 Å². The Morgan fingerprint density at radius 3 is 3.00 bits per heavy atom. The molecule has 0 saturated heterocycles. The maximum atomic E-state index is 5.60. The highest BCUT2D eigenvalue weighted by molar-refractivity contribution is 5.89. The molecule has 2 aromatic rings. The molecule has 0 saturated carbocycles. The van der Waals surface area contributed by atoms with Gasteiger partial charge in [-0.3, -0.25) is 0 Å². The van der Waals surface area contributed by atoms with Gasteiger partial charge in [0, 0.05) is 17.1 Å². The van der Waals surface area contributed by atoms with E-state index in [2.05, 4.69) is 11.1 Å². The molecule has 0 unspecified atom stereocenters. The van der Waals surface area contributed by atoms with Crippen molar-refractivity contribution in [1.29, 1.82) is 0 Å². The SMILES string of the molecule is CCOc1cccc2[nH]cc(CCN)c12. The average molecular weight is 204 g/mol. The molecular weight excluding hydrogens is 188 g/mol. The highest BCUT2D eigenvalue weighted by atomic mass is 16.5. The average Bonchev–Trinajstić information content (AvgIpc) is 2.64. The van der Waals surface area contributed by atoms with Gasteiger partial charge in [0.05, 0.1) is 6.61 Å². The van der Waals surface area contributed by atoms with Crippen molar-refractivity contribution in [3.63, 3.8) is 0 Å². The van der Waals surface area contributed by atoms with E-state index in [1.807, 2.05) is 25.3 Å². The Balaban J connectivity index is 2.53. The number of benzene rings is 1. The van der Waals surface area contributed by atoms with Crippen LogP contribution in [0.1, 0.15) is 12.5 Å². The summed E-state index contributed by atoms with van der Waals surface area (Å²) in [6.07, 6.45) is 2.89. The van der Waals surface area contributed by atoms with E-state index in [-0.39, 0.29) is 0 Å². The van der Waals surface area contributed by atoms with Crippen LogP contribution in [-0.2, 0) is 6.42 Å². The molecule has 0 aliphatic carbocycles. The van der Waals surface area contributed by atoms with Crippen LogP contribution in [0, 0.1) is 0 Å². The summed E-state index contributed by atoms with van der Waals surface area (Å²) >= 11 is 0. The summed E-state index contributed by atoms with van der Waals surface area (Å²) in [5.74, 6) is 0.944. The van der Waals surface area contributed by atoms with Crippen LogP contribution in [0.25, 0.3) is 10.9 Å². The van der Waals surface area contributed by atoms with Crippen LogP contribution >= 0.6 is 0 Å². The zero-order chi connectivity index (χ0) is 10.7. The Morgan fingerprint density at radius 1 is 1.40 bits per heavy atom. The quantitative estimate of drug-likeness (QED) is 0.801. The summed E-state index contributed by atoms with van der Waals surface area (Å²) in [4.78, 5) is 3.24. The molecule has 0 amide bonds. The molecule has 80 valence electrons. The first-order valence-electron chi connectivity index (χ1n) is 5.28. The molecule has 15 heavy (non-hydrogen) atoms. The molecule has 1 heterocycles. The van der Waals surface area contributed by atoms with Crippen LogP contribution in [0.5, 0.6) is 5.75 Å². The van der Waals surface area contributed by atoms with Crippen LogP contribution in [0.15, 0.2) is 24.4 Å². The second kappa shape index (κ2) is 4.36. The van der Waals surface area contributed by atoms with Crippen molar-refractivity contribution in [2.75, 3.05) is 13.2 Å². The molecule has 3 heteroatoms. The predicted molar refractivity (Wildman–Crippen MR) is 62.2 cm³/mol. The Labute approximate surface area is 89.2 Å². The zero-order valence-corrected chi connectivity index (χ0v) is 8.92. The van der Waals surface area contributed by atoms with Gasteiger partial charge in [0.2, 0.25) is 0 Å². The van der Waals surface area contributed by atoms with Crippen molar-refractivity contribution >= 4 is 10.9 Å². The van der Waals surface area contributed by atoms with Crippen LogP contribution in [-0.4, -0.2) is 18.1 Å². The minimum atomic E-state index is 0.660. The molecule has 0 radical (unpaired) electrons. The summed E-state index contributed by atoms with van der Waals surface area (Å²) < 4.78 is 5.60. The minimum absolute atomic E-state index is 0.660. The fraction of sp³-hybridized carbons (Fsp3) is 0.333. The fourth-order valence-electron chi connectivity index (χ4n) is 1.85. The standard InChI is InChI=1S/C12H16N2O/c1-2-15-11-5-3-4-10-12(11)9(6-7-13)8-14-10/h3-5,8,14H,2,6-7,13H2,1H3. The lowest BCUT2D eigenvalue weighted by Gasteiger charge is -2.06. The second-order valence-electron chi connectivity index (χ2n) is 3.46. The monoisotopic (exact) mass is 204 g/mol. The van der Waals surface area contributed by atoms with Crippen molar-refractivity contribution in [2.45, 2.75) is 13.3 Å². The molecule has 2 rings (SSSR count). The maximum Gasteiger partial charge on any atom is 0.128 e. The summed E-state index contributed by atoms with van der Waals surface area (Å²) in [6.45, 7) is 3.34. The predicted octanol–water partition coefficient (Wildman–Crippen LogP) is 2.07. The summed E-state index contributed by atoms with van der Waals surface area (Å²) in [5.41, 5.74) is 7.93. The lowest BCUT2D eigenvalue weighted by Crippen LogP contribution is -2.02. The molecule has 0 aliphatic heterocycles. The molecule has 0 fully saturated rings. The van der Waals surface area contributed by atoms with E-state index in [1.165, 1.54) is 10.9 Å². The third kappa shape index (κ3) is 1.83. The number of ether oxygens (including phenoxy) is 1. The Bertz CT molecular complexity index is 448. The molecule has 0 spiro atoms. The van der Waals surface area contributed by atoms with Gasteiger partial charge in [0.15, 0.2) is 0 Å². The smallest absolute Gasteiger partial charge is 0.128 e. The van der Waals surface area contributed by atoms with Gasteiger partial charge >= 0.3 is 0 Å². The number of H-pyrrole nitrogens is 1. The summed E-state index contributed by atoms with van der Waals surface area (Å²) in [5, 5.41) is 1.17. The molecule has 0 bridgehead atoms. The summed E-state index contributed by atoms with van der Waals surface area (Å²) in [7, 11) is 0. The van der Waals surface area contributed by atoms with E-state index < -0.39 is 0 Å². The number of nitrogens with two attached hydrogens (primary N) is 1. The number of nitrogens with one attached hydrogen (secondary N) is 1. The van der Waals surface area contributed by atoms with Gasteiger partial charge in [-0.1, -0.05) is 6.07 Å². The lowest BCUT2D eigenvalue weighted by atomic mass is 10.1. The molecule has 3 N–H and O–H groups in total. The second-order valence-corrected chi connectivity index (χ2v) is 3.46. The van der Waals surface area contributed by atoms with Gasteiger partial charge in [-0.25, -0.2) is 0 Å². The van der Waals surface area contributed by atoms with Crippen molar-refractivity contribution in [3.8, 4) is 5.75 Å². The first kappa shape index (κ1) is 10.1.